The van der Waals surface area contributed by atoms with E-state index in [9.17, 15) is 9.59 Å². The van der Waals surface area contributed by atoms with E-state index >= 15 is 0 Å². The maximum atomic E-state index is 12.0. The molecule has 2 rings (SSSR count). The fraction of sp³-hybridized carbons (Fsp3) is 0.312. The van der Waals surface area contributed by atoms with Gasteiger partial charge in [-0.1, -0.05) is 0 Å². The number of carbonyl (C=O) groups excluding carboxylic acids is 2. The first-order chi connectivity index (χ1) is 10.5. The Kier molecular flexibility index (Phi) is 4.93. The highest BCUT2D eigenvalue weighted by atomic mass is 16.2. The smallest absolute Gasteiger partial charge is 0.224 e. The Bertz CT molecular complexity index is 654. The molecule has 0 spiro atoms. The van der Waals surface area contributed by atoms with Gasteiger partial charge in [-0.3, -0.25) is 14.7 Å². The quantitative estimate of drug-likeness (QED) is 0.793. The summed E-state index contributed by atoms with van der Waals surface area (Å²) in [6.07, 6.45) is 1.05. The Labute approximate surface area is 129 Å². The Hall–Kier alpha value is -2.63. The van der Waals surface area contributed by atoms with Gasteiger partial charge in [0.1, 0.15) is 0 Å². The number of aromatic amines is 1. The molecule has 0 aliphatic carbocycles. The zero-order valence-electron chi connectivity index (χ0n) is 13.0. The van der Waals surface area contributed by atoms with Gasteiger partial charge in [-0.05, 0) is 50.1 Å². The molecule has 1 aromatic heterocycles. The van der Waals surface area contributed by atoms with E-state index in [0.717, 1.165) is 17.0 Å². The molecule has 6 nitrogen and oxygen atoms in total. The summed E-state index contributed by atoms with van der Waals surface area (Å²) in [7, 11) is 0. The van der Waals surface area contributed by atoms with Gasteiger partial charge in [-0.15, -0.1) is 0 Å². The average Bonchev–Trinajstić information content (AvgIpc) is 2.77. The van der Waals surface area contributed by atoms with Crippen LogP contribution in [0.3, 0.4) is 0 Å². The van der Waals surface area contributed by atoms with Crippen molar-refractivity contribution in [1.82, 2.24) is 10.2 Å². The lowest BCUT2D eigenvalue weighted by atomic mass is 10.1. The molecule has 2 amide bonds. The number of nitrogens with zero attached hydrogens (tertiary/aromatic N) is 1. The molecule has 0 radical (unpaired) electrons. The van der Waals surface area contributed by atoms with Crippen LogP contribution < -0.4 is 10.6 Å². The van der Waals surface area contributed by atoms with Crippen molar-refractivity contribution >= 4 is 23.2 Å². The molecule has 22 heavy (non-hydrogen) atoms. The van der Waals surface area contributed by atoms with Crippen LogP contribution in [0.2, 0.25) is 0 Å². The van der Waals surface area contributed by atoms with E-state index in [0.29, 0.717) is 24.2 Å². The van der Waals surface area contributed by atoms with E-state index in [2.05, 4.69) is 20.8 Å². The molecule has 2 aromatic rings. The summed E-state index contributed by atoms with van der Waals surface area (Å²) in [5, 5.41) is 12.6. The third-order valence-corrected chi connectivity index (χ3v) is 3.37. The molecule has 1 heterocycles. The van der Waals surface area contributed by atoms with Crippen molar-refractivity contribution in [3.63, 3.8) is 0 Å². The third-order valence-electron chi connectivity index (χ3n) is 3.37. The van der Waals surface area contributed by atoms with Crippen LogP contribution in [0.15, 0.2) is 24.3 Å². The summed E-state index contributed by atoms with van der Waals surface area (Å²) in [4.78, 5) is 22.9. The van der Waals surface area contributed by atoms with Gasteiger partial charge >= 0.3 is 0 Å². The molecule has 0 saturated heterocycles. The highest BCUT2D eigenvalue weighted by molar-refractivity contribution is 5.92. The van der Waals surface area contributed by atoms with Crippen LogP contribution in [0.5, 0.6) is 0 Å². The van der Waals surface area contributed by atoms with Crippen LogP contribution in [-0.2, 0) is 16.0 Å². The summed E-state index contributed by atoms with van der Waals surface area (Å²) < 4.78 is 0. The number of anilines is 2. The largest absolute Gasteiger partial charge is 0.326 e. The number of hydrogen-bond acceptors (Lipinski definition) is 3. The lowest BCUT2D eigenvalue weighted by Crippen LogP contribution is -2.13. The molecule has 0 fully saturated rings. The highest BCUT2D eigenvalue weighted by Gasteiger charge is 2.09. The molecule has 0 bridgehead atoms. The number of hydrogen-bond donors (Lipinski definition) is 3. The molecule has 0 saturated carbocycles. The number of nitrogens with one attached hydrogen (secondary N) is 3. The Morgan fingerprint density at radius 1 is 1.09 bits per heavy atom. The van der Waals surface area contributed by atoms with Crippen LogP contribution in [0, 0.1) is 13.8 Å². The second kappa shape index (κ2) is 6.89. The van der Waals surface area contributed by atoms with Crippen molar-refractivity contribution in [2.75, 3.05) is 10.6 Å². The summed E-state index contributed by atoms with van der Waals surface area (Å²) in [6, 6.07) is 7.03. The SMILES string of the molecule is CC(=O)Nc1ccc(NC(=O)CCc2c(C)n[nH]c2C)cc1. The van der Waals surface area contributed by atoms with E-state index < -0.39 is 0 Å². The summed E-state index contributed by atoms with van der Waals surface area (Å²) in [5.74, 6) is -0.171. The maximum Gasteiger partial charge on any atom is 0.224 e. The number of amides is 2. The van der Waals surface area contributed by atoms with Gasteiger partial charge < -0.3 is 10.6 Å². The van der Waals surface area contributed by atoms with Crippen molar-refractivity contribution in [3.05, 3.63) is 41.2 Å². The van der Waals surface area contributed by atoms with Crippen LogP contribution in [0.25, 0.3) is 0 Å². The van der Waals surface area contributed by atoms with Gasteiger partial charge in [0.2, 0.25) is 11.8 Å². The van der Waals surface area contributed by atoms with Crippen LogP contribution in [-0.4, -0.2) is 22.0 Å². The summed E-state index contributed by atoms with van der Waals surface area (Å²) in [5.41, 5.74) is 4.45. The first-order valence-electron chi connectivity index (χ1n) is 7.13. The van der Waals surface area contributed by atoms with E-state index in [4.69, 9.17) is 0 Å². The lowest BCUT2D eigenvalue weighted by Gasteiger charge is -2.07. The third kappa shape index (κ3) is 4.18. The zero-order chi connectivity index (χ0) is 16.1. The minimum absolute atomic E-state index is 0.0488. The molecule has 1 aromatic carbocycles. The summed E-state index contributed by atoms with van der Waals surface area (Å²) >= 11 is 0. The van der Waals surface area contributed by atoms with Gasteiger partial charge in [0, 0.05) is 30.4 Å². The fourth-order valence-corrected chi connectivity index (χ4v) is 2.24. The molecule has 0 aliphatic heterocycles. The van der Waals surface area contributed by atoms with Gasteiger partial charge in [0.15, 0.2) is 0 Å². The van der Waals surface area contributed by atoms with Crippen LogP contribution in [0.1, 0.15) is 30.3 Å². The van der Waals surface area contributed by atoms with E-state index in [-0.39, 0.29) is 11.8 Å². The fourth-order valence-electron chi connectivity index (χ4n) is 2.24. The highest BCUT2D eigenvalue weighted by Crippen LogP contribution is 2.15. The minimum Gasteiger partial charge on any atom is -0.326 e. The molecular formula is C16H20N4O2. The van der Waals surface area contributed by atoms with Crippen molar-refractivity contribution in [2.45, 2.75) is 33.6 Å². The van der Waals surface area contributed by atoms with E-state index in [1.54, 1.807) is 24.3 Å². The molecule has 0 unspecified atom stereocenters. The second-order valence-electron chi connectivity index (χ2n) is 5.22. The van der Waals surface area contributed by atoms with Gasteiger partial charge in [-0.2, -0.15) is 5.10 Å². The molecule has 6 heteroatoms. The van der Waals surface area contributed by atoms with Gasteiger partial charge in [-0.25, -0.2) is 0 Å². The first-order valence-corrected chi connectivity index (χ1v) is 7.13. The minimum atomic E-state index is -0.123. The number of aryl methyl sites for hydroxylation is 2. The molecule has 0 atom stereocenters. The van der Waals surface area contributed by atoms with Crippen molar-refractivity contribution in [2.24, 2.45) is 0 Å². The lowest BCUT2D eigenvalue weighted by molar-refractivity contribution is -0.116. The van der Waals surface area contributed by atoms with Crippen molar-refractivity contribution in [3.8, 4) is 0 Å². The van der Waals surface area contributed by atoms with Gasteiger partial charge in [0.25, 0.3) is 0 Å². The molecule has 116 valence electrons. The predicted molar refractivity (Wildman–Crippen MR) is 85.8 cm³/mol. The van der Waals surface area contributed by atoms with E-state index in [1.807, 2.05) is 13.8 Å². The Morgan fingerprint density at radius 3 is 2.18 bits per heavy atom. The standard InChI is InChI=1S/C16H20N4O2/c1-10-15(11(2)20-19-10)8-9-16(22)18-14-6-4-13(5-7-14)17-12(3)21/h4-7H,8-9H2,1-3H3,(H,17,21)(H,18,22)(H,19,20). The zero-order valence-corrected chi connectivity index (χ0v) is 13.0. The maximum absolute atomic E-state index is 12.0. The van der Waals surface area contributed by atoms with E-state index in [1.165, 1.54) is 6.92 Å². The Balaban J connectivity index is 1.88. The predicted octanol–water partition coefficient (Wildman–Crippen LogP) is 2.56. The van der Waals surface area contributed by atoms with Crippen molar-refractivity contribution in [1.29, 1.82) is 0 Å². The molecular weight excluding hydrogens is 280 g/mol. The van der Waals surface area contributed by atoms with Crippen LogP contribution in [0.4, 0.5) is 11.4 Å². The average molecular weight is 300 g/mol. The van der Waals surface area contributed by atoms with Gasteiger partial charge in [0.05, 0.1) is 5.69 Å². The number of aromatic nitrogens is 2. The summed E-state index contributed by atoms with van der Waals surface area (Å²) in [6.45, 7) is 5.33. The molecule has 3 N–H and O–H groups in total. The normalized spacial score (nSPS) is 10.3. The number of carbonyl (C=O) groups is 2. The molecule has 0 aliphatic rings. The Morgan fingerprint density at radius 2 is 1.68 bits per heavy atom. The number of benzene rings is 1. The number of rotatable bonds is 5. The number of H-pyrrole nitrogens is 1. The topological polar surface area (TPSA) is 86.9 Å². The van der Waals surface area contributed by atoms with Crippen molar-refractivity contribution < 1.29 is 9.59 Å². The van der Waals surface area contributed by atoms with Crippen LogP contribution >= 0.6 is 0 Å². The second-order valence-corrected chi connectivity index (χ2v) is 5.22. The first kappa shape index (κ1) is 15.8. The monoisotopic (exact) mass is 300 g/mol.